The molecule has 3 aromatic rings. The Hall–Kier alpha value is -3.72. The summed E-state index contributed by atoms with van der Waals surface area (Å²) >= 11 is 0. The van der Waals surface area contributed by atoms with Crippen LogP contribution >= 0.6 is 0 Å². The summed E-state index contributed by atoms with van der Waals surface area (Å²) in [6.07, 6.45) is 0. The van der Waals surface area contributed by atoms with E-state index in [9.17, 15) is 22.4 Å². The Labute approximate surface area is 189 Å². The highest BCUT2D eigenvalue weighted by Crippen LogP contribution is 2.52. The van der Waals surface area contributed by atoms with Crippen molar-refractivity contribution in [2.24, 2.45) is 0 Å². The Morgan fingerprint density at radius 3 is 2.30 bits per heavy atom. The van der Waals surface area contributed by atoms with E-state index in [-0.39, 0.29) is 17.8 Å². The van der Waals surface area contributed by atoms with Crippen LogP contribution in [-0.2, 0) is 30.8 Å². The molecule has 2 aliphatic heterocycles. The lowest BCUT2D eigenvalue weighted by Gasteiger charge is -2.32. The number of para-hydroxylation sites is 1. The van der Waals surface area contributed by atoms with Gasteiger partial charge in [-0.25, -0.2) is 12.8 Å². The van der Waals surface area contributed by atoms with Gasteiger partial charge in [0, 0.05) is 11.3 Å². The topological polar surface area (TPSA) is 84.0 Å². The van der Waals surface area contributed by atoms with Crippen molar-refractivity contribution in [3.8, 4) is 5.75 Å². The molecule has 0 saturated carbocycles. The summed E-state index contributed by atoms with van der Waals surface area (Å²) in [4.78, 5) is 27.3. The smallest absolute Gasteiger partial charge is 0.274 e. The second-order valence-corrected chi connectivity index (χ2v) is 9.97. The fraction of sp³-hybridized carbons (Fsp3) is 0.167. The van der Waals surface area contributed by atoms with E-state index in [1.165, 1.54) is 36.3 Å². The molecule has 2 amide bonds. The number of nitrogens with zero attached hydrogens (tertiary/aromatic N) is 2. The number of carbonyl (C=O) groups excluding carboxylic acids is 2. The number of fused-ring (bicyclic) bond motifs is 2. The molecule has 0 unspecified atom stereocenters. The average Bonchev–Trinajstić information content (AvgIpc) is 3.18. The van der Waals surface area contributed by atoms with Crippen LogP contribution in [0.4, 0.5) is 15.8 Å². The van der Waals surface area contributed by atoms with Crippen molar-refractivity contribution in [2.75, 3.05) is 22.7 Å². The molecule has 0 aromatic heterocycles. The number of methoxy groups -OCH3 is 1. The van der Waals surface area contributed by atoms with Crippen molar-refractivity contribution in [1.82, 2.24) is 0 Å². The summed E-state index contributed by atoms with van der Waals surface area (Å²) in [6, 6.07) is 18.5. The highest BCUT2D eigenvalue weighted by molar-refractivity contribution is 7.94. The maximum atomic E-state index is 14.0. The highest BCUT2D eigenvalue weighted by Gasteiger charge is 2.69. The molecule has 0 aliphatic carbocycles. The number of halogens is 1. The first-order valence-electron chi connectivity index (χ1n) is 10.1. The molecule has 2 heterocycles. The third-order valence-electron chi connectivity index (χ3n) is 6.01. The Balaban J connectivity index is 1.70. The molecule has 1 atom stereocenters. The average molecular weight is 466 g/mol. The summed E-state index contributed by atoms with van der Waals surface area (Å²) in [6.45, 7) is 0.0258. The van der Waals surface area contributed by atoms with Crippen LogP contribution in [0, 0.1) is 5.82 Å². The molecular formula is C24H19FN2O5S. The fourth-order valence-corrected chi connectivity index (χ4v) is 6.58. The lowest BCUT2D eigenvalue weighted by Crippen LogP contribution is -2.54. The largest absolute Gasteiger partial charge is 0.497 e. The minimum atomic E-state index is -4.25. The zero-order valence-electron chi connectivity index (χ0n) is 17.6. The number of carbonyl (C=O) groups is 2. The molecule has 7 nitrogen and oxygen atoms in total. The van der Waals surface area contributed by atoms with Gasteiger partial charge in [-0.1, -0.05) is 30.3 Å². The summed E-state index contributed by atoms with van der Waals surface area (Å²) in [5, 5.41) is 0. The van der Waals surface area contributed by atoms with Crippen molar-refractivity contribution < 1.29 is 27.1 Å². The van der Waals surface area contributed by atoms with E-state index in [0.29, 0.717) is 17.0 Å². The lowest BCUT2D eigenvalue weighted by atomic mass is 10.0. The predicted octanol–water partition coefficient (Wildman–Crippen LogP) is 3.00. The summed E-state index contributed by atoms with van der Waals surface area (Å²) in [5.41, 5.74) is 1.50. The van der Waals surface area contributed by atoms with Gasteiger partial charge in [0.05, 0.1) is 19.3 Å². The number of rotatable bonds is 4. The van der Waals surface area contributed by atoms with Gasteiger partial charge in [0.25, 0.3) is 10.8 Å². The van der Waals surface area contributed by atoms with Crippen LogP contribution in [-0.4, -0.2) is 33.1 Å². The zero-order valence-corrected chi connectivity index (χ0v) is 18.4. The maximum Gasteiger partial charge on any atom is 0.274 e. The number of amides is 2. The monoisotopic (exact) mass is 466 g/mol. The van der Waals surface area contributed by atoms with Gasteiger partial charge in [-0.15, -0.1) is 0 Å². The first kappa shape index (κ1) is 21.1. The number of hydrogen-bond donors (Lipinski definition) is 0. The van der Waals surface area contributed by atoms with Gasteiger partial charge in [-0.2, -0.15) is 0 Å². The van der Waals surface area contributed by atoms with Crippen molar-refractivity contribution in [2.45, 2.75) is 11.4 Å². The van der Waals surface area contributed by atoms with E-state index >= 15 is 0 Å². The van der Waals surface area contributed by atoms with E-state index in [1.807, 2.05) is 0 Å². The Bertz CT molecular complexity index is 1370. The first-order chi connectivity index (χ1) is 15.8. The van der Waals surface area contributed by atoms with Gasteiger partial charge in [0.1, 0.15) is 17.3 Å². The summed E-state index contributed by atoms with van der Waals surface area (Å²) in [7, 11) is -2.76. The normalized spacial score (nSPS) is 21.0. The SMILES string of the molecule is COc1ccc(N2C(=O)CS(=O)(=O)[C@]23C(=O)N(Cc2ccc(F)cc2)c2ccccc23)cc1. The molecule has 1 saturated heterocycles. The van der Waals surface area contributed by atoms with Crippen LogP contribution in [0.25, 0.3) is 0 Å². The van der Waals surface area contributed by atoms with E-state index in [1.54, 1.807) is 48.5 Å². The Morgan fingerprint density at radius 1 is 0.970 bits per heavy atom. The molecule has 0 bridgehead atoms. The van der Waals surface area contributed by atoms with Gasteiger partial charge >= 0.3 is 0 Å². The molecule has 1 fully saturated rings. The molecule has 1 spiro atoms. The second kappa shape index (κ2) is 7.41. The molecule has 5 rings (SSSR count). The van der Waals surface area contributed by atoms with Gasteiger partial charge in [-0.05, 0) is 48.0 Å². The molecule has 168 valence electrons. The molecule has 9 heteroatoms. The van der Waals surface area contributed by atoms with Crippen LogP contribution in [0.1, 0.15) is 11.1 Å². The molecular weight excluding hydrogens is 447 g/mol. The van der Waals surface area contributed by atoms with Gasteiger partial charge < -0.3 is 9.64 Å². The fourth-order valence-electron chi connectivity index (χ4n) is 4.55. The third kappa shape index (κ3) is 2.96. The summed E-state index contributed by atoms with van der Waals surface area (Å²) in [5.74, 6) is -2.11. The minimum Gasteiger partial charge on any atom is -0.497 e. The van der Waals surface area contributed by atoms with Gasteiger partial charge in [-0.3, -0.25) is 14.5 Å². The molecule has 0 N–H and O–H groups in total. The number of ether oxygens (including phenoxy) is 1. The minimum absolute atomic E-state index is 0.0258. The van der Waals surface area contributed by atoms with Crippen LogP contribution in [0.2, 0.25) is 0 Å². The number of anilines is 2. The standard InChI is InChI=1S/C24H19FN2O5S/c1-32-19-12-10-18(11-13-19)27-22(28)15-33(30,31)24(27)20-4-2-3-5-21(20)26(23(24)29)14-16-6-8-17(25)9-7-16/h2-13H,14-15H2,1H3/t24-/m1/s1. The number of benzene rings is 3. The predicted molar refractivity (Wildman–Crippen MR) is 120 cm³/mol. The molecule has 2 aliphatic rings. The van der Waals surface area contributed by atoms with E-state index in [0.717, 1.165) is 4.90 Å². The number of hydrogen-bond acceptors (Lipinski definition) is 5. The van der Waals surface area contributed by atoms with Crippen LogP contribution < -0.4 is 14.5 Å². The Morgan fingerprint density at radius 2 is 1.64 bits per heavy atom. The third-order valence-corrected chi connectivity index (χ3v) is 8.11. The van der Waals surface area contributed by atoms with Crippen molar-refractivity contribution >= 4 is 33.0 Å². The van der Waals surface area contributed by atoms with Gasteiger partial charge in [0.15, 0.2) is 9.84 Å². The van der Waals surface area contributed by atoms with Crippen LogP contribution in [0.15, 0.2) is 72.8 Å². The van der Waals surface area contributed by atoms with E-state index in [4.69, 9.17) is 4.74 Å². The quantitative estimate of drug-likeness (QED) is 0.590. The first-order valence-corrected chi connectivity index (χ1v) is 11.8. The maximum absolute atomic E-state index is 14.0. The molecule has 0 radical (unpaired) electrons. The van der Waals surface area contributed by atoms with Crippen LogP contribution in [0.5, 0.6) is 5.75 Å². The summed E-state index contributed by atoms with van der Waals surface area (Å²) < 4.78 is 45.6. The zero-order chi connectivity index (χ0) is 23.4. The molecule has 3 aromatic carbocycles. The van der Waals surface area contributed by atoms with E-state index < -0.39 is 38.1 Å². The van der Waals surface area contributed by atoms with Crippen molar-refractivity contribution in [1.29, 1.82) is 0 Å². The van der Waals surface area contributed by atoms with E-state index in [2.05, 4.69) is 0 Å². The van der Waals surface area contributed by atoms with Gasteiger partial charge in [0.2, 0.25) is 5.91 Å². The number of sulfone groups is 1. The van der Waals surface area contributed by atoms with Crippen LogP contribution in [0.3, 0.4) is 0 Å². The highest BCUT2D eigenvalue weighted by atomic mass is 32.2. The Kier molecular flexibility index (Phi) is 4.75. The second-order valence-electron chi connectivity index (χ2n) is 7.87. The van der Waals surface area contributed by atoms with Crippen molar-refractivity contribution in [3.63, 3.8) is 0 Å². The lowest BCUT2D eigenvalue weighted by molar-refractivity contribution is -0.123. The molecule has 33 heavy (non-hydrogen) atoms. The van der Waals surface area contributed by atoms with Crippen molar-refractivity contribution in [3.05, 3.63) is 89.7 Å².